The highest BCUT2D eigenvalue weighted by atomic mass is 32.1. The van der Waals surface area contributed by atoms with Gasteiger partial charge in [0, 0.05) is 12.0 Å². The highest BCUT2D eigenvalue weighted by molar-refractivity contribution is 7.16. The Balaban J connectivity index is 1.66. The molecule has 0 atom stereocenters. The van der Waals surface area contributed by atoms with E-state index in [2.05, 4.69) is 48.2 Å². The first-order valence-corrected chi connectivity index (χ1v) is 9.42. The van der Waals surface area contributed by atoms with Crippen molar-refractivity contribution in [2.24, 2.45) is 0 Å². The number of nitrogens with zero attached hydrogens (tertiary/aromatic N) is 3. The standard InChI is InChI=1S/C21H19N3OS/c1-14-8-10-17(12-15(14)2)20-18(13-25)24-21(22-20)26-19(23-24)11-9-16-6-4-3-5-7-16/h3-8,10,12-13H,9,11H2,1-2H3. The maximum atomic E-state index is 11.7. The van der Waals surface area contributed by atoms with Gasteiger partial charge in [0.15, 0.2) is 6.29 Å². The minimum absolute atomic E-state index is 0.519. The Kier molecular flexibility index (Phi) is 4.39. The molecule has 0 aliphatic heterocycles. The molecule has 0 amide bonds. The number of fused-ring (bicyclic) bond motifs is 1. The van der Waals surface area contributed by atoms with Crippen LogP contribution in [0.1, 0.15) is 32.2 Å². The van der Waals surface area contributed by atoms with Gasteiger partial charge >= 0.3 is 0 Å². The van der Waals surface area contributed by atoms with Gasteiger partial charge in [-0.3, -0.25) is 4.79 Å². The second-order valence-electron chi connectivity index (χ2n) is 6.44. The lowest BCUT2D eigenvalue weighted by atomic mass is 10.0. The molecule has 26 heavy (non-hydrogen) atoms. The highest BCUT2D eigenvalue weighted by Gasteiger charge is 2.17. The van der Waals surface area contributed by atoms with Crippen LogP contribution < -0.4 is 0 Å². The maximum Gasteiger partial charge on any atom is 0.213 e. The fourth-order valence-corrected chi connectivity index (χ4v) is 3.91. The van der Waals surface area contributed by atoms with Crippen LogP contribution in [-0.2, 0) is 12.8 Å². The normalized spacial score (nSPS) is 11.2. The lowest BCUT2D eigenvalue weighted by molar-refractivity contribution is 0.111. The third-order valence-electron chi connectivity index (χ3n) is 4.64. The molecule has 0 fully saturated rings. The zero-order valence-electron chi connectivity index (χ0n) is 14.8. The summed E-state index contributed by atoms with van der Waals surface area (Å²) in [6.45, 7) is 4.14. The third kappa shape index (κ3) is 3.06. The molecule has 0 spiro atoms. The number of hydrogen-bond acceptors (Lipinski definition) is 4. The van der Waals surface area contributed by atoms with Crippen molar-refractivity contribution in [2.75, 3.05) is 0 Å². The van der Waals surface area contributed by atoms with Crippen molar-refractivity contribution >= 4 is 22.6 Å². The Bertz CT molecular complexity index is 1080. The molecule has 5 heteroatoms. The number of carbonyl (C=O) groups excluding carboxylic acids is 1. The summed E-state index contributed by atoms with van der Waals surface area (Å²) < 4.78 is 1.68. The van der Waals surface area contributed by atoms with Gasteiger partial charge < -0.3 is 0 Å². The molecular weight excluding hydrogens is 342 g/mol. The van der Waals surface area contributed by atoms with E-state index < -0.39 is 0 Å². The molecule has 0 aliphatic rings. The van der Waals surface area contributed by atoms with E-state index in [1.54, 1.807) is 15.9 Å². The van der Waals surface area contributed by atoms with Crippen LogP contribution in [0.15, 0.2) is 48.5 Å². The molecule has 4 nitrogen and oxygen atoms in total. The Labute approximate surface area is 156 Å². The number of aryl methyl sites for hydroxylation is 4. The van der Waals surface area contributed by atoms with E-state index in [1.807, 2.05) is 24.3 Å². The molecule has 4 rings (SSSR count). The van der Waals surface area contributed by atoms with E-state index >= 15 is 0 Å². The van der Waals surface area contributed by atoms with Gasteiger partial charge in [0.05, 0.1) is 0 Å². The predicted octanol–water partition coefficient (Wildman–Crippen LogP) is 4.67. The van der Waals surface area contributed by atoms with Crippen molar-refractivity contribution in [3.8, 4) is 11.3 Å². The van der Waals surface area contributed by atoms with Gasteiger partial charge in [-0.25, -0.2) is 4.98 Å². The van der Waals surface area contributed by atoms with Crippen LogP contribution in [0.2, 0.25) is 0 Å². The summed E-state index contributed by atoms with van der Waals surface area (Å²) in [5.74, 6) is 0. The molecule has 0 unspecified atom stereocenters. The summed E-state index contributed by atoms with van der Waals surface area (Å²) in [5.41, 5.74) is 5.88. The van der Waals surface area contributed by atoms with Gasteiger partial charge in [0.2, 0.25) is 4.96 Å². The predicted molar refractivity (Wildman–Crippen MR) is 105 cm³/mol. The molecule has 0 saturated carbocycles. The van der Waals surface area contributed by atoms with E-state index in [4.69, 9.17) is 0 Å². The van der Waals surface area contributed by atoms with Crippen LogP contribution in [0.5, 0.6) is 0 Å². The fraction of sp³-hybridized carbons (Fsp3) is 0.190. The van der Waals surface area contributed by atoms with E-state index in [1.165, 1.54) is 16.7 Å². The number of rotatable bonds is 5. The van der Waals surface area contributed by atoms with Gasteiger partial charge in [0.1, 0.15) is 16.4 Å². The van der Waals surface area contributed by atoms with Crippen molar-refractivity contribution in [3.05, 3.63) is 75.9 Å². The molecule has 0 aliphatic carbocycles. The summed E-state index contributed by atoms with van der Waals surface area (Å²) in [6, 6.07) is 16.5. The molecule has 0 N–H and O–H groups in total. The van der Waals surface area contributed by atoms with Gasteiger partial charge in [-0.1, -0.05) is 53.8 Å². The molecule has 2 heterocycles. The van der Waals surface area contributed by atoms with Crippen LogP contribution >= 0.6 is 11.3 Å². The minimum atomic E-state index is 0.519. The van der Waals surface area contributed by atoms with E-state index in [0.29, 0.717) is 11.4 Å². The lowest BCUT2D eigenvalue weighted by Gasteiger charge is -2.03. The molecule has 0 radical (unpaired) electrons. The minimum Gasteiger partial charge on any atom is -0.296 e. The van der Waals surface area contributed by atoms with Gasteiger partial charge in [-0.2, -0.15) is 9.61 Å². The number of benzene rings is 2. The Morgan fingerprint density at radius 1 is 1.04 bits per heavy atom. The SMILES string of the molecule is Cc1ccc(-c2nc3sc(CCc4ccccc4)nn3c2C=O)cc1C. The van der Waals surface area contributed by atoms with Gasteiger partial charge in [0.25, 0.3) is 0 Å². The molecule has 0 saturated heterocycles. The topological polar surface area (TPSA) is 47.3 Å². The largest absolute Gasteiger partial charge is 0.296 e. The zero-order valence-corrected chi connectivity index (χ0v) is 15.6. The third-order valence-corrected chi connectivity index (χ3v) is 5.61. The molecule has 130 valence electrons. The summed E-state index contributed by atoms with van der Waals surface area (Å²) in [5, 5.41) is 5.62. The molecule has 2 aromatic carbocycles. The van der Waals surface area contributed by atoms with E-state index in [-0.39, 0.29) is 0 Å². The second kappa shape index (κ2) is 6.84. The Morgan fingerprint density at radius 3 is 2.58 bits per heavy atom. The Hall–Kier alpha value is -2.79. The van der Waals surface area contributed by atoms with Crippen LogP contribution in [0.25, 0.3) is 16.2 Å². The smallest absolute Gasteiger partial charge is 0.213 e. The highest BCUT2D eigenvalue weighted by Crippen LogP contribution is 2.28. The zero-order chi connectivity index (χ0) is 18.1. The first-order valence-electron chi connectivity index (χ1n) is 8.61. The first-order chi connectivity index (χ1) is 12.7. The summed E-state index contributed by atoms with van der Waals surface area (Å²) >= 11 is 1.55. The summed E-state index contributed by atoms with van der Waals surface area (Å²) in [4.78, 5) is 17.2. The Morgan fingerprint density at radius 2 is 1.85 bits per heavy atom. The number of aldehydes is 1. The van der Waals surface area contributed by atoms with Crippen molar-refractivity contribution in [1.29, 1.82) is 0 Å². The van der Waals surface area contributed by atoms with E-state index in [0.717, 1.165) is 34.7 Å². The van der Waals surface area contributed by atoms with Crippen LogP contribution in [0.3, 0.4) is 0 Å². The number of carbonyl (C=O) groups is 1. The summed E-state index contributed by atoms with van der Waals surface area (Å²) in [6.07, 6.45) is 2.62. The number of imidazole rings is 1. The number of hydrogen-bond donors (Lipinski definition) is 0. The van der Waals surface area contributed by atoms with Gasteiger partial charge in [-0.15, -0.1) is 0 Å². The molecular formula is C21H19N3OS. The average Bonchev–Trinajstić information content (AvgIpc) is 3.20. The van der Waals surface area contributed by atoms with Crippen molar-refractivity contribution in [3.63, 3.8) is 0 Å². The summed E-state index contributed by atoms with van der Waals surface area (Å²) in [7, 11) is 0. The second-order valence-corrected chi connectivity index (χ2v) is 7.48. The number of aromatic nitrogens is 3. The van der Waals surface area contributed by atoms with Crippen molar-refractivity contribution < 1.29 is 4.79 Å². The first kappa shape index (κ1) is 16.7. The van der Waals surface area contributed by atoms with Crippen LogP contribution in [-0.4, -0.2) is 20.9 Å². The molecule has 4 aromatic rings. The molecule has 0 bridgehead atoms. The molecule has 2 aromatic heterocycles. The van der Waals surface area contributed by atoms with Gasteiger partial charge in [-0.05, 0) is 43.0 Å². The quantitative estimate of drug-likeness (QED) is 0.485. The van der Waals surface area contributed by atoms with Crippen molar-refractivity contribution in [2.45, 2.75) is 26.7 Å². The lowest BCUT2D eigenvalue weighted by Crippen LogP contribution is -1.97. The van der Waals surface area contributed by atoms with Crippen molar-refractivity contribution in [1.82, 2.24) is 14.6 Å². The monoisotopic (exact) mass is 361 g/mol. The maximum absolute atomic E-state index is 11.7. The van der Waals surface area contributed by atoms with Crippen LogP contribution in [0.4, 0.5) is 0 Å². The van der Waals surface area contributed by atoms with E-state index in [9.17, 15) is 4.79 Å². The average molecular weight is 361 g/mol. The fourth-order valence-electron chi connectivity index (χ4n) is 3.01. The van der Waals surface area contributed by atoms with Crippen LogP contribution in [0, 0.1) is 13.8 Å².